The minimum absolute atomic E-state index is 0.288. The number of rotatable bonds is 4. The van der Waals surface area contributed by atoms with Gasteiger partial charge in [-0.2, -0.15) is 0 Å². The molecule has 0 radical (unpaired) electrons. The zero-order valence-electron chi connectivity index (χ0n) is 8.65. The van der Waals surface area contributed by atoms with Gasteiger partial charge in [0.15, 0.2) is 12.1 Å². The first kappa shape index (κ1) is 12.6. The second-order valence-electron chi connectivity index (χ2n) is 3.04. The Balaban J connectivity index is 2.63. The number of aliphatic hydroxyl groups is 1. The van der Waals surface area contributed by atoms with Crippen LogP contribution in [0.4, 0.5) is 0 Å². The summed E-state index contributed by atoms with van der Waals surface area (Å²) in [5.41, 5.74) is 10.0. The molecular formula is C8H12N4O5. The molecule has 1 aromatic heterocycles. The van der Waals surface area contributed by atoms with Crippen molar-refractivity contribution in [1.29, 1.82) is 0 Å². The summed E-state index contributed by atoms with van der Waals surface area (Å²) in [5.74, 6) is -2.41. The summed E-state index contributed by atoms with van der Waals surface area (Å²) in [6.45, 7) is -0.385. The Bertz CT molecular complexity index is 418. The standard InChI is InChI=1S/C8H12N4O5/c9-8(10)11-3-4(13)7(16)17-12-5(14)1-2-6(12)15/h1-2,4,13-15H,3H2,(H4,9,10,11). The number of aliphatic hydroxyl groups excluding tert-OH is 1. The van der Waals surface area contributed by atoms with Crippen molar-refractivity contribution >= 4 is 11.9 Å². The zero-order valence-corrected chi connectivity index (χ0v) is 8.65. The minimum atomic E-state index is -1.61. The molecule has 0 amide bonds. The second kappa shape index (κ2) is 5.07. The Kier molecular flexibility index (Phi) is 3.78. The summed E-state index contributed by atoms with van der Waals surface area (Å²) in [5, 5.41) is 27.6. The number of hydrogen-bond acceptors (Lipinski definition) is 6. The first-order valence-electron chi connectivity index (χ1n) is 4.47. The Labute approximate surface area is 95.5 Å². The molecule has 94 valence electrons. The highest BCUT2D eigenvalue weighted by Crippen LogP contribution is 2.18. The smallest absolute Gasteiger partial charge is 0.363 e. The molecule has 0 saturated carbocycles. The second-order valence-corrected chi connectivity index (χ2v) is 3.04. The highest BCUT2D eigenvalue weighted by Gasteiger charge is 2.20. The van der Waals surface area contributed by atoms with Crippen LogP contribution in [0, 0.1) is 0 Å². The average Bonchev–Trinajstić information content (AvgIpc) is 2.57. The van der Waals surface area contributed by atoms with Gasteiger partial charge in [-0.05, 0) is 0 Å². The van der Waals surface area contributed by atoms with Gasteiger partial charge in [0.2, 0.25) is 11.8 Å². The Hall–Kier alpha value is -2.42. The van der Waals surface area contributed by atoms with E-state index in [2.05, 4.69) is 9.83 Å². The van der Waals surface area contributed by atoms with Gasteiger partial charge in [0.1, 0.15) is 0 Å². The van der Waals surface area contributed by atoms with Crippen molar-refractivity contribution in [3.05, 3.63) is 12.1 Å². The molecule has 9 nitrogen and oxygen atoms in total. The molecule has 0 aliphatic heterocycles. The molecule has 0 fully saturated rings. The van der Waals surface area contributed by atoms with Gasteiger partial charge in [-0.25, -0.2) is 4.79 Å². The molecule has 0 aromatic carbocycles. The maximum absolute atomic E-state index is 11.3. The van der Waals surface area contributed by atoms with Crippen LogP contribution >= 0.6 is 0 Å². The lowest BCUT2D eigenvalue weighted by molar-refractivity contribution is -0.154. The van der Waals surface area contributed by atoms with Crippen LogP contribution in [0.5, 0.6) is 11.8 Å². The van der Waals surface area contributed by atoms with E-state index in [1.165, 1.54) is 0 Å². The van der Waals surface area contributed by atoms with Crippen LogP contribution in [0.3, 0.4) is 0 Å². The maximum atomic E-state index is 11.3. The Morgan fingerprint density at radius 2 is 1.94 bits per heavy atom. The lowest BCUT2D eigenvalue weighted by atomic mass is 10.4. The molecule has 1 atom stereocenters. The molecule has 0 spiro atoms. The van der Waals surface area contributed by atoms with Crippen LogP contribution in [0.1, 0.15) is 0 Å². The molecule has 7 N–H and O–H groups in total. The fraction of sp³-hybridized carbons (Fsp3) is 0.250. The molecule has 0 saturated heterocycles. The third-order valence-electron chi connectivity index (χ3n) is 1.70. The molecule has 0 aliphatic carbocycles. The fourth-order valence-corrected chi connectivity index (χ4v) is 0.913. The molecule has 9 heteroatoms. The number of guanidine groups is 1. The van der Waals surface area contributed by atoms with Gasteiger partial charge >= 0.3 is 5.97 Å². The molecule has 0 aliphatic rings. The highest BCUT2D eigenvalue weighted by atomic mass is 16.7. The van der Waals surface area contributed by atoms with Crippen molar-refractivity contribution in [3.63, 3.8) is 0 Å². The van der Waals surface area contributed by atoms with Crippen LogP contribution in [-0.2, 0) is 4.79 Å². The van der Waals surface area contributed by atoms with Crippen molar-refractivity contribution in [2.75, 3.05) is 6.54 Å². The van der Waals surface area contributed by atoms with Crippen molar-refractivity contribution in [1.82, 2.24) is 4.73 Å². The largest absolute Gasteiger partial charge is 0.492 e. The minimum Gasteiger partial charge on any atom is -0.492 e. The number of carbonyl (C=O) groups excluding carboxylic acids is 1. The van der Waals surface area contributed by atoms with Crippen LogP contribution in [-0.4, -0.2) is 44.6 Å². The lowest BCUT2D eigenvalue weighted by Gasteiger charge is -2.09. The highest BCUT2D eigenvalue weighted by molar-refractivity contribution is 5.78. The number of aromatic hydroxyl groups is 2. The summed E-state index contributed by atoms with van der Waals surface area (Å²) >= 11 is 0. The Morgan fingerprint density at radius 3 is 2.41 bits per heavy atom. The topological polar surface area (TPSA) is 156 Å². The summed E-state index contributed by atoms with van der Waals surface area (Å²) in [4.78, 5) is 19.2. The molecule has 1 rings (SSSR count). The Morgan fingerprint density at radius 1 is 1.41 bits per heavy atom. The van der Waals surface area contributed by atoms with Crippen LogP contribution in [0.2, 0.25) is 0 Å². The predicted molar refractivity (Wildman–Crippen MR) is 56.0 cm³/mol. The van der Waals surface area contributed by atoms with Gasteiger partial charge in [-0.15, -0.1) is 4.73 Å². The molecule has 1 aromatic rings. The van der Waals surface area contributed by atoms with Crippen molar-refractivity contribution in [3.8, 4) is 11.8 Å². The van der Waals surface area contributed by atoms with E-state index in [0.29, 0.717) is 4.73 Å². The molecular weight excluding hydrogens is 232 g/mol. The van der Waals surface area contributed by atoms with Crippen LogP contribution < -0.4 is 16.3 Å². The van der Waals surface area contributed by atoms with Gasteiger partial charge in [0, 0.05) is 12.1 Å². The van der Waals surface area contributed by atoms with E-state index in [4.69, 9.17) is 21.7 Å². The third-order valence-corrected chi connectivity index (χ3v) is 1.70. The predicted octanol–water partition coefficient (Wildman–Crippen LogP) is -2.51. The van der Waals surface area contributed by atoms with Crippen molar-refractivity contribution < 1.29 is 25.0 Å². The van der Waals surface area contributed by atoms with E-state index in [1.54, 1.807) is 0 Å². The van der Waals surface area contributed by atoms with Crippen LogP contribution in [0.25, 0.3) is 0 Å². The van der Waals surface area contributed by atoms with Crippen molar-refractivity contribution in [2.24, 2.45) is 16.5 Å². The van der Waals surface area contributed by atoms with E-state index in [-0.39, 0.29) is 12.5 Å². The third kappa shape index (κ3) is 3.28. The van der Waals surface area contributed by atoms with Gasteiger partial charge in [0.25, 0.3) is 0 Å². The number of aromatic nitrogens is 1. The SMILES string of the molecule is NC(N)=NCC(O)C(=O)On1c(O)ccc1O. The molecule has 0 bridgehead atoms. The van der Waals surface area contributed by atoms with Crippen molar-refractivity contribution in [2.45, 2.75) is 6.10 Å². The summed E-state index contributed by atoms with van der Waals surface area (Å²) < 4.78 is 0.446. The van der Waals surface area contributed by atoms with Gasteiger partial charge in [0.05, 0.1) is 6.54 Å². The number of nitrogens with two attached hydrogens (primary N) is 2. The van der Waals surface area contributed by atoms with E-state index in [0.717, 1.165) is 12.1 Å². The zero-order chi connectivity index (χ0) is 13.0. The van der Waals surface area contributed by atoms with E-state index in [9.17, 15) is 9.90 Å². The maximum Gasteiger partial charge on any atom is 0.363 e. The summed E-state index contributed by atoms with van der Waals surface area (Å²) in [6.07, 6.45) is -1.61. The monoisotopic (exact) mass is 244 g/mol. The van der Waals surface area contributed by atoms with Crippen LogP contribution in [0.15, 0.2) is 17.1 Å². The number of hydrogen-bond donors (Lipinski definition) is 5. The lowest BCUT2D eigenvalue weighted by Crippen LogP contribution is -2.34. The summed E-state index contributed by atoms with van der Waals surface area (Å²) in [7, 11) is 0. The van der Waals surface area contributed by atoms with Gasteiger partial charge < -0.3 is 31.6 Å². The van der Waals surface area contributed by atoms with Gasteiger partial charge in [-0.3, -0.25) is 4.99 Å². The first-order valence-corrected chi connectivity index (χ1v) is 4.47. The number of nitrogens with zero attached hydrogens (tertiary/aromatic N) is 2. The average molecular weight is 244 g/mol. The molecule has 1 heterocycles. The quantitative estimate of drug-likeness (QED) is 0.289. The number of aliphatic imine (C=N–C) groups is 1. The van der Waals surface area contributed by atoms with E-state index >= 15 is 0 Å². The molecule has 1 unspecified atom stereocenters. The number of carbonyl (C=O) groups is 1. The molecule has 17 heavy (non-hydrogen) atoms. The van der Waals surface area contributed by atoms with E-state index in [1.807, 2.05) is 0 Å². The van der Waals surface area contributed by atoms with E-state index < -0.39 is 23.8 Å². The summed E-state index contributed by atoms with van der Waals surface area (Å²) in [6, 6.07) is 2.20. The van der Waals surface area contributed by atoms with Gasteiger partial charge in [-0.1, -0.05) is 0 Å². The first-order chi connectivity index (χ1) is 7.91. The fourth-order valence-electron chi connectivity index (χ4n) is 0.913. The normalized spacial score (nSPS) is 11.8.